The number of aliphatic carboxylic acids is 1. The van der Waals surface area contributed by atoms with Crippen LogP contribution in [0.25, 0.3) is 0 Å². The zero-order chi connectivity index (χ0) is 24.0. The van der Waals surface area contributed by atoms with Crippen molar-refractivity contribution in [3.8, 4) is 5.75 Å². The largest absolute Gasteiger partial charge is 1.00 e. The van der Waals surface area contributed by atoms with Crippen molar-refractivity contribution < 1.29 is 53.4 Å². The van der Waals surface area contributed by atoms with E-state index in [2.05, 4.69) is 5.32 Å². The molecular formula is C26H29N2NaO5. The minimum atomic E-state index is -1.43. The Bertz CT molecular complexity index is 1090. The molecule has 2 aromatic carbocycles. The van der Waals surface area contributed by atoms with Crippen molar-refractivity contribution in [3.05, 3.63) is 83.3 Å². The van der Waals surface area contributed by atoms with Crippen LogP contribution in [-0.2, 0) is 22.7 Å². The van der Waals surface area contributed by atoms with E-state index in [4.69, 9.17) is 9.15 Å². The van der Waals surface area contributed by atoms with E-state index in [0.717, 1.165) is 28.1 Å². The Hall–Kier alpha value is -2.58. The summed E-state index contributed by atoms with van der Waals surface area (Å²) in [5.74, 6) is -0.224. The maximum Gasteiger partial charge on any atom is 1.00 e. The molecule has 0 bridgehead atoms. The topological polar surface area (TPSA) is 94.8 Å². The van der Waals surface area contributed by atoms with Crippen LogP contribution < -0.4 is 44.7 Å². The predicted octanol–water partition coefficient (Wildman–Crippen LogP) is 0.449. The number of carbonyl (C=O) groups is 2. The van der Waals surface area contributed by atoms with Crippen LogP contribution in [-0.4, -0.2) is 28.9 Å². The van der Waals surface area contributed by atoms with E-state index in [1.165, 1.54) is 13.8 Å². The summed E-state index contributed by atoms with van der Waals surface area (Å²) in [5.41, 5.74) is 2.45. The van der Waals surface area contributed by atoms with E-state index in [0.29, 0.717) is 18.8 Å². The molecule has 0 unspecified atom stereocenters. The van der Waals surface area contributed by atoms with Gasteiger partial charge in [-0.15, -0.1) is 0 Å². The van der Waals surface area contributed by atoms with Crippen molar-refractivity contribution in [3.63, 3.8) is 0 Å². The fraction of sp³-hybridized carbons (Fsp3) is 0.308. The number of nitrogens with one attached hydrogen (secondary N) is 1. The number of benzene rings is 2. The van der Waals surface area contributed by atoms with Crippen molar-refractivity contribution in [1.29, 1.82) is 0 Å². The van der Waals surface area contributed by atoms with E-state index in [1.807, 2.05) is 61.2 Å². The van der Waals surface area contributed by atoms with Crippen LogP contribution in [0.4, 0.5) is 5.69 Å². The van der Waals surface area contributed by atoms with Crippen LogP contribution in [0.5, 0.6) is 5.75 Å². The third-order valence-corrected chi connectivity index (χ3v) is 5.18. The molecule has 1 N–H and O–H groups in total. The first-order valence-electron chi connectivity index (χ1n) is 10.7. The number of furan rings is 1. The second-order valence-electron chi connectivity index (χ2n) is 8.63. The van der Waals surface area contributed by atoms with Crippen molar-refractivity contribution in [2.24, 2.45) is 0 Å². The molecule has 8 heteroatoms. The number of anilines is 1. The number of aryl methyl sites for hydroxylation is 2. The van der Waals surface area contributed by atoms with Gasteiger partial charge in [0, 0.05) is 12.2 Å². The molecule has 34 heavy (non-hydrogen) atoms. The van der Waals surface area contributed by atoms with Crippen LogP contribution in [0.15, 0.2) is 65.3 Å². The van der Waals surface area contributed by atoms with E-state index >= 15 is 0 Å². The summed E-state index contributed by atoms with van der Waals surface area (Å²) in [6.45, 7) is 7.98. The van der Waals surface area contributed by atoms with Gasteiger partial charge in [-0.1, -0.05) is 29.8 Å². The number of hydrogen-bond acceptors (Lipinski definition) is 6. The molecule has 0 fully saturated rings. The van der Waals surface area contributed by atoms with Gasteiger partial charge in [0.25, 0.3) is 0 Å². The van der Waals surface area contributed by atoms with Crippen molar-refractivity contribution in [2.45, 2.75) is 46.4 Å². The molecule has 1 amide bonds. The Morgan fingerprint density at radius 3 is 2.35 bits per heavy atom. The maximum absolute atomic E-state index is 12.8. The van der Waals surface area contributed by atoms with Gasteiger partial charge >= 0.3 is 29.6 Å². The molecule has 3 rings (SSSR count). The molecule has 7 nitrogen and oxygen atoms in total. The van der Waals surface area contributed by atoms with E-state index in [-0.39, 0.29) is 42.0 Å². The second-order valence-corrected chi connectivity index (χ2v) is 8.63. The zero-order valence-electron chi connectivity index (χ0n) is 20.4. The van der Waals surface area contributed by atoms with E-state index in [9.17, 15) is 14.7 Å². The van der Waals surface area contributed by atoms with Crippen molar-refractivity contribution in [2.75, 3.05) is 11.9 Å². The average Bonchev–Trinajstić information content (AvgIpc) is 3.24. The van der Waals surface area contributed by atoms with Crippen molar-refractivity contribution >= 4 is 17.6 Å². The molecule has 0 radical (unpaired) electrons. The normalized spacial score (nSPS) is 11.1. The smallest absolute Gasteiger partial charge is 0.546 e. The first kappa shape index (κ1) is 27.7. The van der Waals surface area contributed by atoms with Gasteiger partial charge in [-0.05, 0) is 69.2 Å². The first-order valence-corrected chi connectivity index (χ1v) is 10.7. The molecule has 0 aliphatic heterocycles. The summed E-state index contributed by atoms with van der Waals surface area (Å²) < 4.78 is 11.0. The number of ether oxygens (including phenoxy) is 1. The zero-order valence-corrected chi connectivity index (χ0v) is 22.4. The van der Waals surface area contributed by atoms with Gasteiger partial charge in [0.1, 0.15) is 17.1 Å². The summed E-state index contributed by atoms with van der Waals surface area (Å²) in [6, 6.07) is 16.7. The van der Waals surface area contributed by atoms with Crippen LogP contribution in [0.3, 0.4) is 0 Å². The fourth-order valence-electron chi connectivity index (χ4n) is 3.39. The number of amides is 1. The number of carboxylic acid groups (broad SMARTS) is 1. The third-order valence-electron chi connectivity index (χ3n) is 5.18. The number of nitrogens with zero attached hydrogens (tertiary/aromatic N) is 1. The summed E-state index contributed by atoms with van der Waals surface area (Å²) in [5, 5.41) is 14.2. The Balaban J connectivity index is 0.00000408. The fourth-order valence-corrected chi connectivity index (χ4v) is 3.39. The monoisotopic (exact) mass is 472 g/mol. The summed E-state index contributed by atoms with van der Waals surface area (Å²) in [6.07, 6.45) is 1.61. The first-order chi connectivity index (χ1) is 15.6. The molecule has 0 saturated carbocycles. The van der Waals surface area contributed by atoms with E-state index in [1.54, 1.807) is 18.4 Å². The SMILES string of the molecule is Cc1ccc(NC(=O)CN(Cc2ccc(OC(C)(C)C(=O)[O-])cc2)Cc2ccco2)c(C)c1.[Na+]. The Morgan fingerprint density at radius 1 is 1.06 bits per heavy atom. The number of rotatable bonds is 10. The molecular weight excluding hydrogens is 443 g/mol. The van der Waals surface area contributed by atoms with Crippen molar-refractivity contribution in [1.82, 2.24) is 4.90 Å². The quantitative estimate of drug-likeness (QED) is 0.431. The van der Waals surface area contributed by atoms with Gasteiger partial charge in [0.2, 0.25) is 5.91 Å². The van der Waals surface area contributed by atoms with Crippen LogP contribution in [0.2, 0.25) is 0 Å². The summed E-state index contributed by atoms with van der Waals surface area (Å²) in [7, 11) is 0. The number of carbonyl (C=O) groups excluding carboxylic acids is 2. The van der Waals surface area contributed by atoms with Gasteiger partial charge in [-0.2, -0.15) is 0 Å². The van der Waals surface area contributed by atoms with Gasteiger partial charge in [0.05, 0.1) is 25.3 Å². The third kappa shape index (κ3) is 8.02. The van der Waals surface area contributed by atoms with Crippen LogP contribution in [0.1, 0.15) is 36.3 Å². The molecule has 0 aliphatic carbocycles. The Labute approximate surface area is 222 Å². The molecule has 0 saturated heterocycles. The van der Waals surface area contributed by atoms with Gasteiger partial charge in [-0.3, -0.25) is 9.69 Å². The van der Waals surface area contributed by atoms with Gasteiger partial charge < -0.3 is 24.4 Å². The summed E-state index contributed by atoms with van der Waals surface area (Å²) >= 11 is 0. The second kappa shape index (κ2) is 12.2. The Morgan fingerprint density at radius 2 is 1.76 bits per heavy atom. The average molecular weight is 473 g/mol. The van der Waals surface area contributed by atoms with Crippen LogP contribution in [0, 0.1) is 13.8 Å². The minimum Gasteiger partial charge on any atom is -0.546 e. The van der Waals surface area contributed by atoms with E-state index < -0.39 is 11.6 Å². The summed E-state index contributed by atoms with van der Waals surface area (Å²) in [4.78, 5) is 25.9. The number of carboxylic acids is 1. The number of hydrogen-bond donors (Lipinski definition) is 1. The van der Waals surface area contributed by atoms with Gasteiger partial charge in [-0.25, -0.2) is 0 Å². The van der Waals surface area contributed by atoms with Gasteiger partial charge in [0.15, 0.2) is 0 Å². The Kier molecular flexibility index (Phi) is 9.94. The predicted molar refractivity (Wildman–Crippen MR) is 124 cm³/mol. The molecule has 1 heterocycles. The molecule has 174 valence electrons. The maximum atomic E-state index is 12.8. The molecule has 0 spiro atoms. The molecule has 0 aliphatic rings. The molecule has 3 aromatic rings. The minimum absolute atomic E-state index is 0. The molecule has 1 aromatic heterocycles. The standard InChI is InChI=1S/C26H30N2O5.Na/c1-18-7-12-23(19(2)14-18)27-24(29)17-28(16-22-6-5-13-32-22)15-20-8-10-21(11-9-20)33-26(3,4)25(30)31;/h5-14H,15-17H2,1-4H3,(H,27,29)(H,30,31);/q;+1/p-1. The molecule has 0 atom stereocenters. The van der Waals surface area contributed by atoms with Crippen LogP contribution >= 0.6 is 0 Å².